The lowest BCUT2D eigenvalue weighted by Gasteiger charge is -2.39. The summed E-state index contributed by atoms with van der Waals surface area (Å²) in [6.45, 7) is 5.02. The molecule has 122 valence electrons. The van der Waals surface area contributed by atoms with Gasteiger partial charge in [0.05, 0.1) is 7.11 Å². The van der Waals surface area contributed by atoms with E-state index in [0.29, 0.717) is 12.1 Å². The Bertz CT molecular complexity index is 349. The van der Waals surface area contributed by atoms with Crippen LogP contribution in [0.3, 0.4) is 0 Å². The van der Waals surface area contributed by atoms with Crippen molar-refractivity contribution in [3.63, 3.8) is 0 Å². The van der Waals surface area contributed by atoms with Crippen molar-refractivity contribution in [3.05, 3.63) is 0 Å². The molecule has 2 fully saturated rings. The molecule has 2 aliphatic carbocycles. The largest absolute Gasteiger partial charge is 0.468 e. The quantitative estimate of drug-likeness (QED) is 0.733. The van der Waals surface area contributed by atoms with E-state index in [2.05, 4.69) is 24.2 Å². The number of methoxy groups -OCH3 is 1. The summed E-state index contributed by atoms with van der Waals surface area (Å²) >= 11 is 0. The zero-order chi connectivity index (χ0) is 15.5. The Hall–Kier alpha value is -0.610. The molecule has 2 saturated carbocycles. The van der Waals surface area contributed by atoms with Crippen molar-refractivity contribution < 1.29 is 9.53 Å². The minimum absolute atomic E-state index is 0.136. The highest BCUT2D eigenvalue weighted by molar-refractivity contribution is 5.80. The van der Waals surface area contributed by atoms with Crippen LogP contribution in [0.4, 0.5) is 0 Å². The predicted molar refractivity (Wildman–Crippen MR) is 85.2 cm³/mol. The van der Waals surface area contributed by atoms with Gasteiger partial charge in [0.1, 0.15) is 5.54 Å². The first-order valence-electron chi connectivity index (χ1n) is 8.55. The van der Waals surface area contributed by atoms with E-state index in [-0.39, 0.29) is 5.97 Å². The number of rotatable bonds is 7. The standard InChI is InChI=1S/C17H32N2O2/c1-5-13-6-10-15(11-7-13)19(3)12-17(2,16(20)21-4)18-14-8-9-14/h13-15,18H,5-12H2,1-4H3. The van der Waals surface area contributed by atoms with Crippen LogP contribution >= 0.6 is 0 Å². The molecule has 4 nitrogen and oxygen atoms in total. The second-order valence-electron chi connectivity index (χ2n) is 7.24. The number of ether oxygens (including phenoxy) is 1. The lowest BCUT2D eigenvalue weighted by molar-refractivity contribution is -0.149. The van der Waals surface area contributed by atoms with E-state index in [4.69, 9.17) is 4.74 Å². The van der Waals surface area contributed by atoms with E-state index in [1.54, 1.807) is 0 Å². The molecule has 0 radical (unpaired) electrons. The van der Waals surface area contributed by atoms with Crippen molar-refractivity contribution >= 4 is 5.97 Å². The van der Waals surface area contributed by atoms with Crippen LogP contribution in [0, 0.1) is 5.92 Å². The molecule has 0 amide bonds. The van der Waals surface area contributed by atoms with Crippen molar-refractivity contribution in [3.8, 4) is 0 Å². The molecule has 0 heterocycles. The van der Waals surface area contributed by atoms with Crippen molar-refractivity contribution in [2.75, 3.05) is 20.7 Å². The summed E-state index contributed by atoms with van der Waals surface area (Å²) in [6, 6.07) is 1.11. The van der Waals surface area contributed by atoms with Crippen molar-refractivity contribution in [1.82, 2.24) is 10.2 Å². The van der Waals surface area contributed by atoms with E-state index in [1.165, 1.54) is 52.1 Å². The smallest absolute Gasteiger partial charge is 0.327 e. The summed E-state index contributed by atoms with van der Waals surface area (Å²) < 4.78 is 5.04. The Labute approximate surface area is 129 Å². The summed E-state index contributed by atoms with van der Waals surface area (Å²) in [5, 5.41) is 3.49. The molecule has 21 heavy (non-hydrogen) atoms. The van der Waals surface area contributed by atoms with Crippen LogP contribution in [0.2, 0.25) is 0 Å². The number of nitrogens with zero attached hydrogens (tertiary/aromatic N) is 1. The Kier molecular flexibility index (Phi) is 5.67. The molecule has 0 aromatic heterocycles. The van der Waals surface area contributed by atoms with Gasteiger partial charge >= 0.3 is 5.97 Å². The Morgan fingerprint density at radius 2 is 1.86 bits per heavy atom. The van der Waals surface area contributed by atoms with E-state index in [1.807, 2.05) is 6.92 Å². The van der Waals surface area contributed by atoms with Gasteiger partial charge in [0.2, 0.25) is 0 Å². The van der Waals surface area contributed by atoms with Crippen LogP contribution in [0.25, 0.3) is 0 Å². The second kappa shape index (κ2) is 7.10. The summed E-state index contributed by atoms with van der Waals surface area (Å²) in [5.74, 6) is 0.773. The maximum Gasteiger partial charge on any atom is 0.327 e. The summed E-state index contributed by atoms with van der Waals surface area (Å²) in [7, 11) is 3.65. The minimum Gasteiger partial charge on any atom is -0.468 e. The molecule has 2 aliphatic rings. The fourth-order valence-corrected chi connectivity index (χ4v) is 3.69. The summed E-state index contributed by atoms with van der Waals surface area (Å²) in [4.78, 5) is 14.6. The van der Waals surface area contributed by atoms with Crippen molar-refractivity contribution in [2.24, 2.45) is 5.92 Å². The first-order valence-corrected chi connectivity index (χ1v) is 8.55. The third-order valence-corrected chi connectivity index (χ3v) is 5.32. The SMILES string of the molecule is CCC1CCC(N(C)CC(C)(NC2CC2)C(=O)OC)CC1. The summed E-state index contributed by atoms with van der Waals surface area (Å²) in [5.41, 5.74) is -0.577. The van der Waals surface area contributed by atoms with E-state index >= 15 is 0 Å². The van der Waals surface area contributed by atoms with Crippen LogP contribution in [0.15, 0.2) is 0 Å². The van der Waals surface area contributed by atoms with Gasteiger partial charge in [-0.2, -0.15) is 0 Å². The fourth-order valence-electron chi connectivity index (χ4n) is 3.69. The number of likely N-dealkylation sites (N-methyl/N-ethyl adjacent to an activating group) is 1. The van der Waals surface area contributed by atoms with Crippen molar-refractivity contribution in [1.29, 1.82) is 0 Å². The zero-order valence-electron chi connectivity index (χ0n) is 14.2. The first kappa shape index (κ1) is 16.8. The van der Waals surface area contributed by atoms with Crippen molar-refractivity contribution in [2.45, 2.75) is 76.4 Å². The summed E-state index contributed by atoms with van der Waals surface area (Å²) in [6.07, 6.45) is 8.84. The van der Waals surface area contributed by atoms with Crippen LogP contribution in [0.1, 0.15) is 58.8 Å². The molecule has 0 bridgehead atoms. The van der Waals surface area contributed by atoms with Gasteiger partial charge < -0.3 is 9.64 Å². The van der Waals surface area contributed by atoms with Gasteiger partial charge in [0.25, 0.3) is 0 Å². The van der Waals surface area contributed by atoms with Gasteiger partial charge in [-0.1, -0.05) is 13.3 Å². The second-order valence-corrected chi connectivity index (χ2v) is 7.24. The van der Waals surface area contributed by atoms with Gasteiger partial charge in [-0.15, -0.1) is 0 Å². The number of esters is 1. The minimum atomic E-state index is -0.577. The normalized spacial score (nSPS) is 29.2. The Balaban J connectivity index is 1.91. The highest BCUT2D eigenvalue weighted by Gasteiger charge is 2.41. The highest BCUT2D eigenvalue weighted by atomic mass is 16.5. The van der Waals surface area contributed by atoms with Crippen LogP contribution in [-0.4, -0.2) is 49.2 Å². The molecule has 0 aliphatic heterocycles. The maximum absolute atomic E-state index is 12.2. The topological polar surface area (TPSA) is 41.6 Å². The highest BCUT2D eigenvalue weighted by Crippen LogP contribution is 2.30. The molecule has 1 unspecified atom stereocenters. The average Bonchev–Trinajstić information content (AvgIpc) is 3.29. The molecular weight excluding hydrogens is 264 g/mol. The zero-order valence-corrected chi connectivity index (χ0v) is 14.2. The molecule has 0 aromatic rings. The van der Waals surface area contributed by atoms with Gasteiger partial charge in [0, 0.05) is 18.6 Å². The fraction of sp³-hybridized carbons (Fsp3) is 0.941. The van der Waals surface area contributed by atoms with Crippen LogP contribution in [-0.2, 0) is 9.53 Å². The van der Waals surface area contributed by atoms with Gasteiger partial charge in [-0.25, -0.2) is 0 Å². The molecule has 0 spiro atoms. The number of hydrogen-bond acceptors (Lipinski definition) is 4. The lowest BCUT2D eigenvalue weighted by Crippen LogP contribution is -2.59. The Morgan fingerprint density at radius 3 is 2.33 bits per heavy atom. The average molecular weight is 296 g/mol. The van der Waals surface area contributed by atoms with Crippen LogP contribution < -0.4 is 5.32 Å². The first-order chi connectivity index (χ1) is 9.98. The van der Waals surface area contributed by atoms with E-state index in [9.17, 15) is 4.79 Å². The molecule has 4 heteroatoms. The lowest BCUT2D eigenvalue weighted by atomic mass is 9.83. The number of carbonyl (C=O) groups is 1. The van der Waals surface area contributed by atoms with Crippen LogP contribution in [0.5, 0.6) is 0 Å². The van der Waals surface area contributed by atoms with E-state index in [0.717, 1.165) is 12.5 Å². The molecule has 1 N–H and O–H groups in total. The van der Waals surface area contributed by atoms with Gasteiger partial charge in [-0.3, -0.25) is 10.1 Å². The maximum atomic E-state index is 12.2. The number of hydrogen-bond donors (Lipinski definition) is 1. The molecule has 2 rings (SSSR count). The Morgan fingerprint density at radius 1 is 1.24 bits per heavy atom. The van der Waals surface area contributed by atoms with E-state index < -0.39 is 5.54 Å². The monoisotopic (exact) mass is 296 g/mol. The molecule has 1 atom stereocenters. The number of carbonyl (C=O) groups excluding carboxylic acids is 1. The molecular formula is C17H32N2O2. The van der Waals surface area contributed by atoms with Gasteiger partial charge in [-0.05, 0) is 58.4 Å². The molecule has 0 saturated heterocycles. The third-order valence-electron chi connectivity index (χ3n) is 5.32. The predicted octanol–water partition coefficient (Wildman–Crippen LogP) is 2.57. The number of nitrogens with one attached hydrogen (secondary N) is 1. The van der Waals surface area contributed by atoms with Gasteiger partial charge in [0.15, 0.2) is 0 Å². The molecule has 0 aromatic carbocycles. The third kappa shape index (κ3) is 4.43.